The average Bonchev–Trinajstić information content (AvgIpc) is 2.99. The van der Waals surface area contributed by atoms with Crippen LogP contribution in [0.5, 0.6) is 5.75 Å². The normalized spacial score (nSPS) is 11.9. The van der Waals surface area contributed by atoms with Gasteiger partial charge in [0.1, 0.15) is 18.2 Å². The molecule has 3 rings (SSSR count). The van der Waals surface area contributed by atoms with Crippen LogP contribution < -0.4 is 10.5 Å². The molecule has 0 amide bonds. The third kappa shape index (κ3) is 3.52. The molecule has 0 aliphatic rings. The number of hydrogen-bond donors (Lipinski definition) is 2. The molecule has 2 aromatic carbocycles. The van der Waals surface area contributed by atoms with Gasteiger partial charge in [-0.2, -0.15) is 0 Å². The quantitative estimate of drug-likeness (QED) is 0.740. The van der Waals surface area contributed by atoms with E-state index in [-0.39, 0.29) is 13.2 Å². The Kier molecular flexibility index (Phi) is 4.60. The molecule has 0 fully saturated rings. The lowest BCUT2D eigenvalue weighted by atomic mass is 10.2. The van der Waals surface area contributed by atoms with E-state index >= 15 is 0 Å². The van der Waals surface area contributed by atoms with E-state index < -0.39 is 0 Å². The average molecular weight is 332 g/mol. The number of nitrogens with two attached hydrogens (primary N) is 1. The van der Waals surface area contributed by atoms with Crippen LogP contribution in [0.4, 0.5) is 4.39 Å². The van der Waals surface area contributed by atoms with Gasteiger partial charge in [0.25, 0.3) is 0 Å². The van der Waals surface area contributed by atoms with Crippen molar-refractivity contribution in [3.63, 3.8) is 0 Å². The van der Waals surface area contributed by atoms with Gasteiger partial charge in [-0.25, -0.2) is 9.37 Å². The van der Waals surface area contributed by atoms with E-state index in [0.29, 0.717) is 22.7 Å². The fourth-order valence-corrected chi connectivity index (χ4v) is 2.31. The summed E-state index contributed by atoms with van der Waals surface area (Å²) in [6, 6.07) is 12.9. The summed E-state index contributed by atoms with van der Waals surface area (Å²) >= 11 is 5.97. The fourth-order valence-electron chi connectivity index (χ4n) is 2.14. The first-order valence-corrected chi connectivity index (χ1v) is 7.44. The molecule has 23 heavy (non-hydrogen) atoms. The molecule has 0 radical (unpaired) electrons. The highest BCUT2D eigenvalue weighted by molar-refractivity contribution is 6.31. The summed E-state index contributed by atoms with van der Waals surface area (Å²) in [5.74, 6) is 1.39. The van der Waals surface area contributed by atoms with Gasteiger partial charge in [0.05, 0.1) is 17.4 Å². The molecule has 0 atom stereocenters. The topological polar surface area (TPSA) is 63.9 Å². The van der Waals surface area contributed by atoms with Crippen molar-refractivity contribution < 1.29 is 9.13 Å². The fraction of sp³-hybridized carbons (Fsp3) is 0.118. The molecule has 0 saturated carbocycles. The number of nitrogens with one attached hydrogen (secondary N) is 1. The van der Waals surface area contributed by atoms with Gasteiger partial charge in [0, 0.05) is 22.7 Å². The molecule has 0 unspecified atom stereocenters. The van der Waals surface area contributed by atoms with Crippen molar-refractivity contribution in [1.29, 1.82) is 0 Å². The lowest BCUT2D eigenvalue weighted by Gasteiger charge is -2.07. The third-order valence-corrected chi connectivity index (χ3v) is 3.65. The minimum absolute atomic E-state index is 0.134. The minimum atomic E-state index is 0.134. The lowest BCUT2D eigenvalue weighted by Crippen LogP contribution is -2.10. The van der Waals surface area contributed by atoms with Gasteiger partial charge in [-0.3, -0.25) is 0 Å². The second-order valence-corrected chi connectivity index (χ2v) is 5.47. The largest absolute Gasteiger partial charge is 0.489 e. The van der Waals surface area contributed by atoms with E-state index in [0.717, 1.165) is 22.4 Å². The predicted octanol–water partition coefficient (Wildman–Crippen LogP) is 4.07. The van der Waals surface area contributed by atoms with Crippen molar-refractivity contribution >= 4 is 22.6 Å². The van der Waals surface area contributed by atoms with Gasteiger partial charge in [0.15, 0.2) is 0 Å². The highest BCUT2D eigenvalue weighted by Gasteiger charge is 2.06. The molecule has 1 heterocycles. The Morgan fingerprint density at radius 1 is 1.26 bits per heavy atom. The van der Waals surface area contributed by atoms with Crippen LogP contribution in [0, 0.1) is 0 Å². The predicted molar refractivity (Wildman–Crippen MR) is 90.3 cm³/mol. The first kappa shape index (κ1) is 15.5. The van der Waals surface area contributed by atoms with Crippen LogP contribution in [0.3, 0.4) is 0 Å². The number of nitrogens with zero attached hydrogens (tertiary/aromatic N) is 1. The van der Waals surface area contributed by atoms with Crippen LogP contribution in [0.1, 0.15) is 0 Å². The number of halogens is 2. The standard InChI is InChI=1S/C17H15ClFN3O/c18-13-3-6-15-16(7-13)22-17(21-15)12-1-4-14(5-2-12)23-10-11(8-19)9-20/h1-8H,9-10,20H2,(H,21,22)/b11-8+. The second-order valence-electron chi connectivity index (χ2n) is 5.03. The summed E-state index contributed by atoms with van der Waals surface area (Å²) in [6.45, 7) is 0.269. The molecule has 4 nitrogen and oxygen atoms in total. The Morgan fingerprint density at radius 3 is 2.74 bits per heavy atom. The maximum atomic E-state index is 12.4. The number of rotatable bonds is 5. The third-order valence-electron chi connectivity index (χ3n) is 3.41. The Morgan fingerprint density at radius 2 is 2.04 bits per heavy atom. The summed E-state index contributed by atoms with van der Waals surface area (Å²) in [5.41, 5.74) is 8.45. The van der Waals surface area contributed by atoms with E-state index in [1.807, 2.05) is 36.4 Å². The number of benzene rings is 2. The molecule has 118 valence electrons. The zero-order chi connectivity index (χ0) is 16.2. The number of aromatic nitrogens is 2. The van der Waals surface area contributed by atoms with E-state index in [1.165, 1.54) is 0 Å². The van der Waals surface area contributed by atoms with Gasteiger partial charge in [-0.05, 0) is 42.5 Å². The molecule has 3 N–H and O–H groups in total. The van der Waals surface area contributed by atoms with Crippen LogP contribution in [0.2, 0.25) is 5.02 Å². The summed E-state index contributed by atoms with van der Waals surface area (Å²) < 4.78 is 17.9. The Hall–Kier alpha value is -2.37. The van der Waals surface area contributed by atoms with E-state index in [9.17, 15) is 4.39 Å². The minimum Gasteiger partial charge on any atom is -0.489 e. The van der Waals surface area contributed by atoms with Crippen LogP contribution in [-0.2, 0) is 0 Å². The monoisotopic (exact) mass is 331 g/mol. The Labute approximate surface area is 137 Å². The van der Waals surface area contributed by atoms with Crippen LogP contribution in [-0.4, -0.2) is 23.1 Å². The zero-order valence-corrected chi connectivity index (χ0v) is 13.0. The van der Waals surface area contributed by atoms with Gasteiger partial charge in [-0.1, -0.05) is 11.6 Å². The first-order valence-electron chi connectivity index (χ1n) is 7.06. The number of fused-ring (bicyclic) bond motifs is 1. The van der Waals surface area contributed by atoms with Gasteiger partial charge in [0.2, 0.25) is 0 Å². The summed E-state index contributed by atoms with van der Waals surface area (Å²) in [4.78, 5) is 7.75. The van der Waals surface area contributed by atoms with Crippen molar-refractivity contribution in [2.24, 2.45) is 5.73 Å². The van der Waals surface area contributed by atoms with Crippen molar-refractivity contribution in [2.45, 2.75) is 0 Å². The van der Waals surface area contributed by atoms with Crippen molar-refractivity contribution in [1.82, 2.24) is 9.97 Å². The van der Waals surface area contributed by atoms with E-state index in [4.69, 9.17) is 22.1 Å². The van der Waals surface area contributed by atoms with Crippen LogP contribution in [0.15, 0.2) is 54.4 Å². The van der Waals surface area contributed by atoms with Crippen LogP contribution in [0.25, 0.3) is 22.4 Å². The number of ether oxygens (including phenoxy) is 1. The highest BCUT2D eigenvalue weighted by atomic mass is 35.5. The molecular formula is C17H15ClFN3O. The van der Waals surface area contributed by atoms with E-state index in [1.54, 1.807) is 6.07 Å². The molecule has 3 aromatic rings. The maximum Gasteiger partial charge on any atom is 0.138 e. The first-order chi connectivity index (χ1) is 11.2. The Balaban J connectivity index is 1.78. The molecule has 0 spiro atoms. The molecule has 1 aromatic heterocycles. The number of aromatic amines is 1. The van der Waals surface area contributed by atoms with E-state index in [2.05, 4.69) is 9.97 Å². The van der Waals surface area contributed by atoms with Gasteiger partial charge < -0.3 is 15.5 Å². The Bertz CT molecular complexity index is 843. The molecule has 6 heteroatoms. The van der Waals surface area contributed by atoms with Gasteiger partial charge >= 0.3 is 0 Å². The number of imidazole rings is 1. The second kappa shape index (κ2) is 6.81. The lowest BCUT2D eigenvalue weighted by molar-refractivity contribution is 0.347. The molecule has 0 bridgehead atoms. The highest BCUT2D eigenvalue weighted by Crippen LogP contribution is 2.24. The van der Waals surface area contributed by atoms with Crippen LogP contribution >= 0.6 is 11.6 Å². The summed E-state index contributed by atoms with van der Waals surface area (Å²) in [5, 5.41) is 0.660. The number of hydrogen-bond acceptors (Lipinski definition) is 3. The van der Waals surface area contributed by atoms with Gasteiger partial charge in [-0.15, -0.1) is 0 Å². The summed E-state index contributed by atoms with van der Waals surface area (Å²) in [6.07, 6.45) is 0.480. The maximum absolute atomic E-state index is 12.4. The molecule has 0 aliphatic carbocycles. The molecule has 0 saturated heterocycles. The number of H-pyrrole nitrogens is 1. The smallest absolute Gasteiger partial charge is 0.138 e. The molecule has 0 aliphatic heterocycles. The molecular weight excluding hydrogens is 317 g/mol. The van der Waals surface area contributed by atoms with Crippen molar-refractivity contribution in [3.05, 3.63) is 59.4 Å². The zero-order valence-electron chi connectivity index (χ0n) is 12.2. The van der Waals surface area contributed by atoms with Crippen molar-refractivity contribution in [2.75, 3.05) is 13.2 Å². The SMILES string of the molecule is NC/C(=C\F)COc1ccc(-c2nc3ccc(Cl)cc3[nH]2)cc1. The van der Waals surface area contributed by atoms with Crippen molar-refractivity contribution in [3.8, 4) is 17.1 Å². The summed E-state index contributed by atoms with van der Waals surface area (Å²) in [7, 11) is 0.